The maximum absolute atomic E-state index is 13.8. The Kier molecular flexibility index (Phi) is 8.22. The van der Waals surface area contributed by atoms with Crippen molar-refractivity contribution >= 4 is 50.9 Å². The number of benzene rings is 2. The van der Waals surface area contributed by atoms with Crippen molar-refractivity contribution < 1.29 is 19.0 Å². The number of ether oxygens (including phenoxy) is 3. The maximum Gasteiger partial charge on any atom is 0.338 e. The van der Waals surface area contributed by atoms with Gasteiger partial charge in [0.1, 0.15) is 6.61 Å². The van der Waals surface area contributed by atoms with E-state index >= 15 is 0 Å². The number of fused-ring (bicyclic) bond motifs is 1. The average Bonchev–Trinajstić information content (AvgIpc) is 3.17. The first-order chi connectivity index (χ1) is 17.8. The molecule has 0 radical (unpaired) electrons. The third kappa shape index (κ3) is 5.37. The molecule has 190 valence electrons. The van der Waals surface area contributed by atoms with Crippen LogP contribution >= 0.6 is 38.9 Å². The molecule has 0 saturated carbocycles. The molecule has 0 unspecified atom stereocenters. The quantitative estimate of drug-likeness (QED) is 0.299. The average molecular weight is 602 g/mol. The molecule has 0 spiro atoms. The van der Waals surface area contributed by atoms with Gasteiger partial charge in [-0.25, -0.2) is 9.79 Å². The number of carbonyl (C=O) groups excluding carboxylic acids is 1. The summed E-state index contributed by atoms with van der Waals surface area (Å²) in [4.78, 5) is 31.9. The topological polar surface area (TPSA) is 79.1 Å². The van der Waals surface area contributed by atoms with Crippen molar-refractivity contribution in [3.05, 3.63) is 88.0 Å². The lowest BCUT2D eigenvalue weighted by atomic mass is 9.96. The molecule has 10 heteroatoms. The van der Waals surface area contributed by atoms with Gasteiger partial charge in [0.15, 0.2) is 16.3 Å². The first-order valence-corrected chi connectivity index (χ1v) is 13.2. The summed E-state index contributed by atoms with van der Waals surface area (Å²) in [5.74, 6) is 2.79. The van der Waals surface area contributed by atoms with Crippen LogP contribution in [0.1, 0.15) is 31.0 Å². The Labute approximate surface area is 230 Å². The lowest BCUT2D eigenvalue weighted by Gasteiger charge is -2.24. The number of aromatic nitrogens is 1. The van der Waals surface area contributed by atoms with Gasteiger partial charge in [-0.3, -0.25) is 9.36 Å². The van der Waals surface area contributed by atoms with E-state index < -0.39 is 12.0 Å². The van der Waals surface area contributed by atoms with Gasteiger partial charge in [0.2, 0.25) is 0 Å². The van der Waals surface area contributed by atoms with Gasteiger partial charge in [-0.1, -0.05) is 56.9 Å². The Balaban J connectivity index is 1.97. The Morgan fingerprint density at radius 1 is 1.32 bits per heavy atom. The summed E-state index contributed by atoms with van der Waals surface area (Å²) in [6.07, 6.45) is 7.09. The van der Waals surface area contributed by atoms with E-state index in [9.17, 15) is 9.59 Å². The van der Waals surface area contributed by atoms with Gasteiger partial charge in [0.05, 0.1) is 35.6 Å². The minimum absolute atomic E-state index is 0.0265. The summed E-state index contributed by atoms with van der Waals surface area (Å²) >= 11 is 10.8. The highest BCUT2D eigenvalue weighted by atomic mass is 79.9. The van der Waals surface area contributed by atoms with Crippen LogP contribution in [0.15, 0.2) is 61.9 Å². The zero-order chi connectivity index (χ0) is 26.7. The number of thiazole rings is 1. The van der Waals surface area contributed by atoms with Crippen LogP contribution in [-0.4, -0.2) is 30.9 Å². The number of carbonyl (C=O) groups is 1. The van der Waals surface area contributed by atoms with E-state index in [2.05, 4.69) is 26.8 Å². The minimum atomic E-state index is -0.732. The molecule has 3 aromatic rings. The summed E-state index contributed by atoms with van der Waals surface area (Å²) in [7, 11) is 1.52. The van der Waals surface area contributed by atoms with Gasteiger partial charge in [0.25, 0.3) is 5.56 Å². The van der Waals surface area contributed by atoms with Crippen molar-refractivity contribution in [2.75, 3.05) is 20.3 Å². The van der Waals surface area contributed by atoms with E-state index in [1.54, 1.807) is 56.3 Å². The molecule has 0 amide bonds. The molecule has 0 fully saturated rings. The van der Waals surface area contributed by atoms with Crippen LogP contribution in [0, 0.1) is 12.3 Å². The predicted molar refractivity (Wildman–Crippen MR) is 147 cm³/mol. The Bertz CT molecular complexity index is 1620. The number of halogens is 2. The van der Waals surface area contributed by atoms with Gasteiger partial charge in [0, 0.05) is 15.1 Å². The summed E-state index contributed by atoms with van der Waals surface area (Å²) in [5.41, 5.74) is 1.76. The molecule has 0 bridgehead atoms. The molecule has 2 heterocycles. The van der Waals surface area contributed by atoms with Crippen molar-refractivity contribution in [2.45, 2.75) is 19.9 Å². The van der Waals surface area contributed by atoms with Crippen LogP contribution in [0.2, 0.25) is 5.02 Å². The molecular formula is C27H22BrClN2O5S. The highest BCUT2D eigenvalue weighted by Gasteiger charge is 2.33. The standard InChI is InChI=1S/C27H22BrClN2O5S/c1-5-11-36-24-17(12-18(28)14-20(24)34-4)13-21-25(32)31-23(16-7-9-19(29)10-8-16)22(26(33)35-6-2)15(3)30-27(31)37-21/h1,7-10,12-14,23H,6,11H2,2-4H3/b21-13-/t23-/m1/s1. The van der Waals surface area contributed by atoms with Gasteiger partial charge in [-0.2, -0.15) is 0 Å². The summed E-state index contributed by atoms with van der Waals surface area (Å²) in [6, 6.07) is 9.82. The third-order valence-corrected chi connectivity index (χ3v) is 7.25. The lowest BCUT2D eigenvalue weighted by Crippen LogP contribution is -2.39. The van der Waals surface area contributed by atoms with Crippen LogP contribution < -0.4 is 24.4 Å². The normalized spacial score (nSPS) is 15.0. The fraction of sp³-hybridized carbons (Fsp3) is 0.222. The van der Waals surface area contributed by atoms with Crippen molar-refractivity contribution in [1.29, 1.82) is 0 Å². The number of hydrogen-bond acceptors (Lipinski definition) is 7. The number of esters is 1. The Morgan fingerprint density at radius 3 is 2.70 bits per heavy atom. The van der Waals surface area contributed by atoms with Crippen molar-refractivity contribution in [3.8, 4) is 23.8 Å². The van der Waals surface area contributed by atoms with Crippen LogP contribution in [0.25, 0.3) is 6.08 Å². The zero-order valence-electron chi connectivity index (χ0n) is 20.2. The number of terminal acetylenes is 1. The van der Waals surface area contributed by atoms with E-state index in [0.717, 1.165) is 4.47 Å². The SMILES string of the molecule is C#CCOc1c(/C=c2\sc3n(c2=O)[C@H](c2ccc(Cl)cc2)C(C(=O)OCC)=C(C)N=3)cc(Br)cc1OC. The van der Waals surface area contributed by atoms with Crippen LogP contribution in [0.5, 0.6) is 11.5 Å². The minimum Gasteiger partial charge on any atom is -0.493 e. The smallest absolute Gasteiger partial charge is 0.338 e. The third-order valence-electron chi connectivity index (χ3n) is 5.56. The second kappa shape index (κ2) is 11.4. The first kappa shape index (κ1) is 26.7. The van der Waals surface area contributed by atoms with Crippen molar-refractivity contribution in [1.82, 2.24) is 4.57 Å². The van der Waals surface area contributed by atoms with Gasteiger partial charge in [-0.15, -0.1) is 6.42 Å². The molecule has 1 aliphatic rings. The number of rotatable bonds is 7. The van der Waals surface area contributed by atoms with E-state index in [1.807, 2.05) is 0 Å². The van der Waals surface area contributed by atoms with E-state index in [1.165, 1.54) is 23.0 Å². The Morgan fingerprint density at radius 2 is 2.05 bits per heavy atom. The Hall–Kier alpha value is -3.32. The highest BCUT2D eigenvalue weighted by molar-refractivity contribution is 9.10. The highest BCUT2D eigenvalue weighted by Crippen LogP contribution is 2.35. The number of hydrogen-bond donors (Lipinski definition) is 0. The maximum atomic E-state index is 13.8. The largest absolute Gasteiger partial charge is 0.493 e. The van der Waals surface area contributed by atoms with Crippen LogP contribution in [0.4, 0.5) is 0 Å². The van der Waals surface area contributed by atoms with Crippen molar-refractivity contribution in [3.63, 3.8) is 0 Å². The summed E-state index contributed by atoms with van der Waals surface area (Å²) in [6.45, 7) is 3.68. The molecule has 37 heavy (non-hydrogen) atoms. The van der Waals surface area contributed by atoms with E-state index in [0.29, 0.717) is 48.3 Å². The molecule has 7 nitrogen and oxygen atoms in total. The monoisotopic (exact) mass is 600 g/mol. The van der Waals surface area contributed by atoms with Crippen molar-refractivity contribution in [2.24, 2.45) is 4.99 Å². The molecule has 1 atom stereocenters. The van der Waals surface area contributed by atoms with E-state index in [4.69, 9.17) is 32.2 Å². The molecule has 0 N–H and O–H groups in total. The lowest BCUT2D eigenvalue weighted by molar-refractivity contribution is -0.139. The predicted octanol–water partition coefficient (Wildman–Crippen LogP) is 4.23. The second-order valence-electron chi connectivity index (χ2n) is 7.87. The fourth-order valence-corrected chi connectivity index (χ4v) is 5.63. The second-order valence-corrected chi connectivity index (χ2v) is 10.2. The van der Waals surface area contributed by atoms with E-state index in [-0.39, 0.29) is 18.8 Å². The number of nitrogens with zero attached hydrogens (tertiary/aromatic N) is 2. The number of allylic oxidation sites excluding steroid dienone is 1. The van der Waals surface area contributed by atoms with Crippen LogP contribution in [-0.2, 0) is 9.53 Å². The molecular weight excluding hydrogens is 580 g/mol. The molecule has 4 rings (SSSR count). The molecule has 1 aromatic heterocycles. The molecule has 2 aromatic carbocycles. The fourth-order valence-electron chi connectivity index (χ4n) is 4.01. The summed E-state index contributed by atoms with van der Waals surface area (Å²) in [5, 5.41) is 0.539. The summed E-state index contributed by atoms with van der Waals surface area (Å²) < 4.78 is 19.2. The van der Waals surface area contributed by atoms with Gasteiger partial charge < -0.3 is 14.2 Å². The van der Waals surface area contributed by atoms with Gasteiger partial charge in [-0.05, 0) is 49.8 Å². The molecule has 0 aliphatic carbocycles. The first-order valence-electron chi connectivity index (χ1n) is 11.2. The zero-order valence-corrected chi connectivity index (χ0v) is 23.4. The molecule has 0 saturated heterocycles. The molecule has 1 aliphatic heterocycles. The number of methoxy groups -OCH3 is 1. The van der Waals surface area contributed by atoms with Crippen LogP contribution in [0.3, 0.4) is 0 Å². The van der Waals surface area contributed by atoms with Gasteiger partial charge >= 0.3 is 5.97 Å².